The molecule has 0 bridgehead atoms. The standard InChI is InChI=1S/C13H15ClFN3S/c14-9-7-12-11(8-10(9)15)16-13(19)18(12)6-5-17-3-1-2-4-17/h7-8H,1-6H2,(H,16,19). The van der Waals surface area contributed by atoms with Crippen LogP contribution in [0.4, 0.5) is 4.39 Å². The second-order valence-electron chi connectivity index (χ2n) is 4.91. The van der Waals surface area contributed by atoms with Gasteiger partial charge >= 0.3 is 0 Å². The van der Waals surface area contributed by atoms with Crippen LogP contribution in [-0.2, 0) is 6.54 Å². The number of H-pyrrole nitrogens is 1. The van der Waals surface area contributed by atoms with Crippen molar-refractivity contribution in [2.45, 2.75) is 19.4 Å². The molecule has 1 fully saturated rings. The Labute approximate surface area is 121 Å². The summed E-state index contributed by atoms with van der Waals surface area (Å²) in [6, 6.07) is 3.04. The van der Waals surface area contributed by atoms with Crippen LogP contribution in [0.3, 0.4) is 0 Å². The molecule has 0 aliphatic carbocycles. The molecule has 0 radical (unpaired) electrons. The third kappa shape index (κ3) is 2.55. The molecule has 3 nitrogen and oxygen atoms in total. The Morgan fingerprint density at radius 3 is 2.74 bits per heavy atom. The largest absolute Gasteiger partial charge is 0.330 e. The van der Waals surface area contributed by atoms with Gasteiger partial charge in [-0.3, -0.25) is 0 Å². The van der Waals surface area contributed by atoms with Crippen molar-refractivity contribution in [2.75, 3.05) is 19.6 Å². The van der Waals surface area contributed by atoms with Gasteiger partial charge in [-0.15, -0.1) is 0 Å². The van der Waals surface area contributed by atoms with E-state index in [2.05, 4.69) is 9.88 Å². The van der Waals surface area contributed by atoms with E-state index in [9.17, 15) is 4.39 Å². The SMILES string of the molecule is Fc1cc2[nH]c(=S)n(CCN3CCCC3)c2cc1Cl. The van der Waals surface area contributed by atoms with Crippen LogP contribution in [0, 0.1) is 10.6 Å². The van der Waals surface area contributed by atoms with Gasteiger partial charge in [0.05, 0.1) is 16.1 Å². The first-order valence-corrected chi connectivity index (χ1v) is 7.24. The molecule has 0 saturated carbocycles. The zero-order chi connectivity index (χ0) is 13.4. The number of nitrogens with zero attached hydrogens (tertiary/aromatic N) is 2. The number of halogens is 2. The van der Waals surface area contributed by atoms with E-state index < -0.39 is 5.82 Å². The van der Waals surface area contributed by atoms with Crippen molar-refractivity contribution >= 4 is 34.9 Å². The number of fused-ring (bicyclic) bond motifs is 1. The predicted molar refractivity (Wildman–Crippen MR) is 77.8 cm³/mol. The van der Waals surface area contributed by atoms with Crippen LogP contribution < -0.4 is 0 Å². The molecule has 0 unspecified atom stereocenters. The lowest BCUT2D eigenvalue weighted by molar-refractivity contribution is 0.323. The van der Waals surface area contributed by atoms with Gasteiger partial charge in [0.1, 0.15) is 5.82 Å². The van der Waals surface area contributed by atoms with E-state index >= 15 is 0 Å². The quantitative estimate of drug-likeness (QED) is 0.876. The van der Waals surface area contributed by atoms with Crippen molar-refractivity contribution in [3.8, 4) is 0 Å². The third-order valence-electron chi connectivity index (χ3n) is 3.65. The summed E-state index contributed by atoms with van der Waals surface area (Å²) in [5.41, 5.74) is 1.57. The predicted octanol–water partition coefficient (Wildman–Crippen LogP) is 3.59. The van der Waals surface area contributed by atoms with Crippen LogP contribution in [-0.4, -0.2) is 34.1 Å². The average Bonchev–Trinajstić information content (AvgIpc) is 2.96. The molecular formula is C13H15ClFN3S. The fraction of sp³-hybridized carbons (Fsp3) is 0.462. The van der Waals surface area contributed by atoms with Gasteiger partial charge < -0.3 is 14.5 Å². The van der Waals surface area contributed by atoms with Crippen LogP contribution in [0.1, 0.15) is 12.8 Å². The highest BCUT2D eigenvalue weighted by Gasteiger charge is 2.13. The molecule has 2 heterocycles. The lowest BCUT2D eigenvalue weighted by Crippen LogP contribution is -2.24. The molecular weight excluding hydrogens is 285 g/mol. The Kier molecular flexibility index (Phi) is 3.60. The first-order valence-electron chi connectivity index (χ1n) is 6.45. The van der Waals surface area contributed by atoms with E-state index in [0.717, 1.165) is 31.7 Å². The Bertz CT molecular complexity index is 658. The summed E-state index contributed by atoms with van der Waals surface area (Å²) in [5.74, 6) is -0.419. The zero-order valence-electron chi connectivity index (χ0n) is 10.5. The Hall–Kier alpha value is -0.910. The van der Waals surface area contributed by atoms with Crippen LogP contribution >= 0.6 is 23.8 Å². The first kappa shape index (κ1) is 13.1. The fourth-order valence-electron chi connectivity index (χ4n) is 2.62. The molecule has 6 heteroatoms. The minimum absolute atomic E-state index is 0.136. The number of aromatic amines is 1. The maximum atomic E-state index is 13.4. The molecule has 0 amide bonds. The van der Waals surface area contributed by atoms with E-state index in [0.29, 0.717) is 10.3 Å². The first-order chi connectivity index (χ1) is 9.15. The summed E-state index contributed by atoms with van der Waals surface area (Å²) in [4.78, 5) is 5.45. The van der Waals surface area contributed by atoms with E-state index in [1.54, 1.807) is 6.07 Å². The van der Waals surface area contributed by atoms with Crippen LogP contribution in [0.25, 0.3) is 11.0 Å². The average molecular weight is 300 g/mol. The number of hydrogen-bond donors (Lipinski definition) is 1. The Morgan fingerprint density at radius 1 is 1.26 bits per heavy atom. The summed E-state index contributed by atoms with van der Waals surface area (Å²) < 4.78 is 16.0. The summed E-state index contributed by atoms with van der Waals surface area (Å²) in [5, 5.41) is 0.136. The number of rotatable bonds is 3. The molecule has 1 aliphatic heterocycles. The summed E-state index contributed by atoms with van der Waals surface area (Å²) in [7, 11) is 0. The van der Waals surface area contributed by atoms with Gasteiger partial charge in [0, 0.05) is 19.2 Å². The molecule has 1 aromatic heterocycles. The Balaban J connectivity index is 1.91. The third-order valence-corrected chi connectivity index (χ3v) is 4.27. The molecule has 1 saturated heterocycles. The number of benzene rings is 1. The van der Waals surface area contributed by atoms with Crippen LogP contribution in [0.5, 0.6) is 0 Å². The van der Waals surface area contributed by atoms with Crippen molar-refractivity contribution in [3.05, 3.63) is 27.7 Å². The number of nitrogens with one attached hydrogen (secondary N) is 1. The molecule has 1 N–H and O–H groups in total. The zero-order valence-corrected chi connectivity index (χ0v) is 12.0. The molecule has 0 atom stereocenters. The molecule has 1 aliphatic rings. The minimum Gasteiger partial charge on any atom is -0.330 e. The molecule has 102 valence electrons. The number of aromatic nitrogens is 2. The summed E-state index contributed by atoms with van der Waals surface area (Å²) in [6.07, 6.45) is 2.55. The van der Waals surface area contributed by atoms with Crippen LogP contribution in [0.2, 0.25) is 5.02 Å². The lowest BCUT2D eigenvalue weighted by atomic mass is 10.3. The van der Waals surface area contributed by atoms with Gasteiger partial charge in [0.25, 0.3) is 0 Å². The maximum absolute atomic E-state index is 13.4. The fourth-order valence-corrected chi connectivity index (χ4v) is 3.08. The van der Waals surface area contributed by atoms with Gasteiger partial charge in [-0.2, -0.15) is 0 Å². The van der Waals surface area contributed by atoms with Crippen molar-refractivity contribution in [2.24, 2.45) is 0 Å². The van der Waals surface area contributed by atoms with Gasteiger partial charge in [-0.05, 0) is 44.2 Å². The van der Waals surface area contributed by atoms with Crippen molar-refractivity contribution < 1.29 is 4.39 Å². The topological polar surface area (TPSA) is 24.0 Å². The molecule has 2 aromatic rings. The van der Waals surface area contributed by atoms with Crippen molar-refractivity contribution in [3.63, 3.8) is 0 Å². The van der Waals surface area contributed by atoms with Crippen molar-refractivity contribution in [1.29, 1.82) is 0 Å². The Morgan fingerprint density at radius 2 is 2.00 bits per heavy atom. The second kappa shape index (κ2) is 5.23. The van der Waals surface area contributed by atoms with E-state index in [4.69, 9.17) is 23.8 Å². The number of hydrogen-bond acceptors (Lipinski definition) is 2. The van der Waals surface area contributed by atoms with Crippen LogP contribution in [0.15, 0.2) is 12.1 Å². The van der Waals surface area contributed by atoms with Gasteiger partial charge in [0.15, 0.2) is 4.77 Å². The highest BCUT2D eigenvalue weighted by Crippen LogP contribution is 2.23. The highest BCUT2D eigenvalue weighted by molar-refractivity contribution is 7.71. The molecule has 1 aromatic carbocycles. The maximum Gasteiger partial charge on any atom is 0.178 e. The minimum atomic E-state index is -0.419. The molecule has 19 heavy (non-hydrogen) atoms. The molecule has 3 rings (SSSR count). The van der Waals surface area contributed by atoms with Gasteiger partial charge in [0.2, 0.25) is 0 Å². The number of imidazole rings is 1. The monoisotopic (exact) mass is 299 g/mol. The van der Waals surface area contributed by atoms with E-state index in [1.807, 2.05) is 4.57 Å². The smallest absolute Gasteiger partial charge is 0.178 e. The lowest BCUT2D eigenvalue weighted by Gasteiger charge is -2.15. The van der Waals surface area contributed by atoms with Crippen molar-refractivity contribution in [1.82, 2.24) is 14.5 Å². The molecule has 0 spiro atoms. The van der Waals surface area contributed by atoms with Gasteiger partial charge in [-0.25, -0.2) is 4.39 Å². The summed E-state index contributed by atoms with van der Waals surface area (Å²) >= 11 is 11.2. The number of likely N-dealkylation sites (tertiary alicyclic amines) is 1. The highest BCUT2D eigenvalue weighted by atomic mass is 35.5. The summed E-state index contributed by atoms with van der Waals surface area (Å²) in [6.45, 7) is 4.09. The van der Waals surface area contributed by atoms with E-state index in [-0.39, 0.29) is 5.02 Å². The normalized spacial score (nSPS) is 16.5. The second-order valence-corrected chi connectivity index (χ2v) is 5.71. The van der Waals surface area contributed by atoms with E-state index in [1.165, 1.54) is 18.9 Å². The van der Waals surface area contributed by atoms with Gasteiger partial charge in [-0.1, -0.05) is 11.6 Å².